The van der Waals surface area contributed by atoms with E-state index in [0.29, 0.717) is 0 Å². The minimum Gasteiger partial charge on any atom is -0.297 e. The maximum atomic E-state index is 4.77. The molecule has 0 unspecified atom stereocenters. The molecule has 0 radical (unpaired) electrons. The van der Waals surface area contributed by atoms with Crippen LogP contribution in [0.4, 0.5) is 0 Å². The Labute approximate surface area is 232 Å². The number of aryl methyl sites for hydroxylation is 1. The fraction of sp³-hybridized carbons (Fsp3) is 0.0263. The van der Waals surface area contributed by atoms with Crippen LogP contribution >= 0.6 is 0 Å². The van der Waals surface area contributed by atoms with Gasteiger partial charge in [-0.3, -0.25) is 4.57 Å². The largest absolute Gasteiger partial charge is 0.297 e. The Morgan fingerprint density at radius 3 is 1.73 bits per heavy atom. The Bertz CT molecular complexity index is 2160. The molecule has 1 heterocycles. The van der Waals surface area contributed by atoms with Crippen LogP contribution in [0.25, 0.3) is 71.3 Å². The first-order chi connectivity index (χ1) is 19.8. The maximum absolute atomic E-state index is 4.77. The lowest BCUT2D eigenvalue weighted by Gasteiger charge is -2.19. The van der Waals surface area contributed by atoms with E-state index < -0.39 is 0 Å². The summed E-state index contributed by atoms with van der Waals surface area (Å²) < 4.78 is 2.24. The van der Waals surface area contributed by atoms with E-state index in [0.717, 1.165) is 22.5 Å². The van der Waals surface area contributed by atoms with Crippen LogP contribution in [-0.2, 0) is 0 Å². The monoisotopic (exact) mass is 510 g/mol. The second-order valence-electron chi connectivity index (χ2n) is 10.4. The minimum absolute atomic E-state index is 0.990. The van der Waals surface area contributed by atoms with Crippen molar-refractivity contribution < 1.29 is 0 Å². The summed E-state index contributed by atoms with van der Waals surface area (Å²) in [5.74, 6) is 0.990. The number of rotatable bonds is 3. The Hall–Kier alpha value is -5.21. The number of para-hydroxylation sites is 2. The average molecular weight is 511 g/mol. The number of fused-ring (bicyclic) bond motifs is 4. The number of hydrogen-bond donors (Lipinski definition) is 0. The van der Waals surface area contributed by atoms with E-state index in [9.17, 15) is 0 Å². The standard InChI is InChI=1S/C38H26N2/c1-25-39-35-19-8-9-20-36(35)40(25)28-23-21-27(22-24-28)37-31-14-4-6-16-33(31)38(34-17-7-5-15-32(34)37)30-18-10-12-26-11-2-3-13-29(26)30/h2-24H,1H3. The number of hydrogen-bond acceptors (Lipinski definition) is 1. The molecule has 188 valence electrons. The maximum Gasteiger partial charge on any atom is 0.111 e. The van der Waals surface area contributed by atoms with E-state index in [1.54, 1.807) is 0 Å². The lowest BCUT2D eigenvalue weighted by Crippen LogP contribution is -1.97. The second kappa shape index (κ2) is 8.93. The van der Waals surface area contributed by atoms with Gasteiger partial charge in [-0.25, -0.2) is 4.98 Å². The lowest BCUT2D eigenvalue weighted by molar-refractivity contribution is 1.00. The summed E-state index contributed by atoms with van der Waals surface area (Å²) in [6.45, 7) is 2.07. The molecule has 8 rings (SSSR count). The van der Waals surface area contributed by atoms with Crippen LogP contribution in [0.15, 0.2) is 140 Å². The Morgan fingerprint density at radius 2 is 1.02 bits per heavy atom. The summed E-state index contributed by atoms with van der Waals surface area (Å²) in [5.41, 5.74) is 8.32. The van der Waals surface area contributed by atoms with E-state index in [2.05, 4.69) is 145 Å². The number of benzene rings is 7. The lowest BCUT2D eigenvalue weighted by atomic mass is 9.85. The minimum atomic E-state index is 0.990. The van der Waals surface area contributed by atoms with E-state index >= 15 is 0 Å². The molecule has 0 saturated heterocycles. The number of imidazole rings is 1. The van der Waals surface area contributed by atoms with Crippen LogP contribution in [0.3, 0.4) is 0 Å². The highest BCUT2D eigenvalue weighted by Gasteiger charge is 2.18. The summed E-state index contributed by atoms with van der Waals surface area (Å²) in [6, 6.07) is 50.3. The van der Waals surface area contributed by atoms with E-state index in [1.807, 2.05) is 6.07 Å². The van der Waals surface area contributed by atoms with Crippen molar-refractivity contribution >= 4 is 43.4 Å². The van der Waals surface area contributed by atoms with Gasteiger partial charge in [-0.05, 0) is 85.8 Å². The molecule has 0 aliphatic carbocycles. The van der Waals surface area contributed by atoms with Gasteiger partial charge in [0.1, 0.15) is 5.82 Å². The van der Waals surface area contributed by atoms with Gasteiger partial charge < -0.3 is 0 Å². The highest BCUT2D eigenvalue weighted by Crippen LogP contribution is 2.45. The first-order valence-corrected chi connectivity index (χ1v) is 13.7. The molecule has 0 spiro atoms. The Kier molecular flexibility index (Phi) is 5.08. The van der Waals surface area contributed by atoms with Gasteiger partial charge in [0.15, 0.2) is 0 Å². The predicted octanol–water partition coefficient (Wildman–Crippen LogP) is 10.1. The predicted molar refractivity (Wildman–Crippen MR) is 169 cm³/mol. The fourth-order valence-corrected chi connectivity index (χ4v) is 6.42. The molecule has 2 nitrogen and oxygen atoms in total. The summed E-state index contributed by atoms with van der Waals surface area (Å²) in [7, 11) is 0. The highest BCUT2D eigenvalue weighted by molar-refractivity contribution is 6.23. The number of aromatic nitrogens is 2. The van der Waals surface area contributed by atoms with Crippen molar-refractivity contribution in [3.05, 3.63) is 145 Å². The van der Waals surface area contributed by atoms with Gasteiger partial charge in [0.2, 0.25) is 0 Å². The van der Waals surface area contributed by atoms with Crippen LogP contribution in [-0.4, -0.2) is 9.55 Å². The first-order valence-electron chi connectivity index (χ1n) is 13.7. The third kappa shape index (κ3) is 3.40. The van der Waals surface area contributed by atoms with Crippen LogP contribution in [0.1, 0.15) is 5.82 Å². The van der Waals surface area contributed by atoms with Gasteiger partial charge in [0, 0.05) is 5.69 Å². The van der Waals surface area contributed by atoms with Gasteiger partial charge >= 0.3 is 0 Å². The smallest absolute Gasteiger partial charge is 0.111 e. The first kappa shape index (κ1) is 22.7. The molecule has 0 bridgehead atoms. The van der Waals surface area contributed by atoms with Gasteiger partial charge in [-0.1, -0.05) is 115 Å². The molecular formula is C38H26N2. The van der Waals surface area contributed by atoms with Crippen molar-refractivity contribution in [3.63, 3.8) is 0 Å². The highest BCUT2D eigenvalue weighted by atomic mass is 15.1. The summed E-state index contributed by atoms with van der Waals surface area (Å²) in [4.78, 5) is 4.77. The molecule has 0 aliphatic heterocycles. The normalized spacial score (nSPS) is 11.6. The molecular weight excluding hydrogens is 484 g/mol. The second-order valence-corrected chi connectivity index (χ2v) is 10.4. The van der Waals surface area contributed by atoms with Crippen LogP contribution in [0.2, 0.25) is 0 Å². The van der Waals surface area contributed by atoms with E-state index in [1.165, 1.54) is 54.6 Å². The van der Waals surface area contributed by atoms with Crippen LogP contribution in [0.5, 0.6) is 0 Å². The van der Waals surface area contributed by atoms with Gasteiger partial charge in [-0.15, -0.1) is 0 Å². The van der Waals surface area contributed by atoms with Crippen LogP contribution in [0, 0.1) is 6.92 Å². The average Bonchev–Trinajstić information content (AvgIpc) is 3.35. The zero-order valence-corrected chi connectivity index (χ0v) is 22.2. The summed E-state index contributed by atoms with van der Waals surface area (Å²) in [6.07, 6.45) is 0. The van der Waals surface area contributed by atoms with Crippen molar-refractivity contribution in [2.75, 3.05) is 0 Å². The van der Waals surface area contributed by atoms with Crippen molar-refractivity contribution in [3.8, 4) is 27.9 Å². The topological polar surface area (TPSA) is 17.8 Å². The quantitative estimate of drug-likeness (QED) is 0.216. The molecule has 0 saturated carbocycles. The third-order valence-electron chi connectivity index (χ3n) is 8.13. The van der Waals surface area contributed by atoms with Gasteiger partial charge in [0.05, 0.1) is 11.0 Å². The molecule has 1 aromatic heterocycles. The Morgan fingerprint density at radius 1 is 0.475 bits per heavy atom. The summed E-state index contributed by atoms with van der Waals surface area (Å²) in [5, 5.41) is 7.61. The zero-order valence-electron chi connectivity index (χ0n) is 22.2. The van der Waals surface area contributed by atoms with Crippen molar-refractivity contribution in [2.45, 2.75) is 6.92 Å². The SMILES string of the molecule is Cc1nc2ccccc2n1-c1ccc(-c2c3ccccc3c(-c3cccc4ccccc34)c3ccccc23)cc1. The molecule has 8 aromatic rings. The molecule has 0 aliphatic rings. The molecule has 0 fully saturated rings. The molecule has 40 heavy (non-hydrogen) atoms. The summed E-state index contributed by atoms with van der Waals surface area (Å²) >= 11 is 0. The number of nitrogens with zero attached hydrogens (tertiary/aromatic N) is 2. The third-order valence-corrected chi connectivity index (χ3v) is 8.13. The molecule has 0 amide bonds. The van der Waals surface area contributed by atoms with Crippen molar-refractivity contribution in [1.82, 2.24) is 9.55 Å². The molecule has 0 atom stereocenters. The molecule has 7 aromatic carbocycles. The molecule has 0 N–H and O–H groups in total. The van der Waals surface area contributed by atoms with Crippen molar-refractivity contribution in [1.29, 1.82) is 0 Å². The van der Waals surface area contributed by atoms with Gasteiger partial charge in [-0.2, -0.15) is 0 Å². The van der Waals surface area contributed by atoms with Crippen LogP contribution < -0.4 is 0 Å². The van der Waals surface area contributed by atoms with E-state index in [4.69, 9.17) is 4.98 Å². The molecule has 2 heteroatoms. The van der Waals surface area contributed by atoms with Gasteiger partial charge in [0.25, 0.3) is 0 Å². The Balaban J connectivity index is 1.39. The zero-order chi connectivity index (χ0) is 26.6. The fourth-order valence-electron chi connectivity index (χ4n) is 6.42. The van der Waals surface area contributed by atoms with E-state index in [-0.39, 0.29) is 0 Å². The van der Waals surface area contributed by atoms with Crippen molar-refractivity contribution in [2.24, 2.45) is 0 Å².